The summed E-state index contributed by atoms with van der Waals surface area (Å²) in [6, 6.07) is 31.5. The van der Waals surface area contributed by atoms with Gasteiger partial charge in [0.05, 0.1) is 23.4 Å². The lowest BCUT2D eigenvalue weighted by Crippen LogP contribution is -2.18. The molecule has 0 aliphatic heterocycles. The van der Waals surface area contributed by atoms with Gasteiger partial charge < -0.3 is 4.74 Å². The molecule has 42 heavy (non-hydrogen) atoms. The standard InChI is InChI=1S/C32H29N5O4S/c1-2-21-41-29-19-15-24(16-20-29)31-26(23-37(35-31)28-9-5-3-6-10-28)22-33-34-32(38)25-13-17-27(18-14-25)36-42(39,40)30-11-7-4-8-12-30/h3-20,22-23,36H,2,21H2,1H3,(H,34,38). The van der Waals surface area contributed by atoms with Gasteiger partial charge in [0.2, 0.25) is 0 Å². The average Bonchev–Trinajstić information content (AvgIpc) is 3.45. The van der Waals surface area contributed by atoms with Gasteiger partial charge in [-0.25, -0.2) is 18.5 Å². The van der Waals surface area contributed by atoms with Crippen LogP contribution in [0, 0.1) is 0 Å². The van der Waals surface area contributed by atoms with Crippen LogP contribution in [0.25, 0.3) is 16.9 Å². The molecule has 0 spiro atoms. The van der Waals surface area contributed by atoms with Gasteiger partial charge in [-0.3, -0.25) is 9.52 Å². The minimum Gasteiger partial charge on any atom is -0.494 e. The monoisotopic (exact) mass is 579 g/mol. The van der Waals surface area contributed by atoms with E-state index in [1.54, 1.807) is 29.1 Å². The van der Waals surface area contributed by atoms with Crippen LogP contribution in [-0.2, 0) is 10.0 Å². The second-order valence-corrected chi connectivity index (χ2v) is 11.0. The van der Waals surface area contributed by atoms with Gasteiger partial charge in [0.1, 0.15) is 11.4 Å². The molecule has 1 heterocycles. The highest BCUT2D eigenvalue weighted by molar-refractivity contribution is 7.92. The molecule has 5 rings (SSSR count). The molecule has 5 aromatic rings. The fourth-order valence-electron chi connectivity index (χ4n) is 4.08. The van der Waals surface area contributed by atoms with E-state index in [0.717, 1.165) is 23.4 Å². The number of para-hydroxylation sites is 1. The van der Waals surface area contributed by atoms with E-state index in [-0.39, 0.29) is 4.90 Å². The van der Waals surface area contributed by atoms with Gasteiger partial charge in [0, 0.05) is 28.6 Å². The second-order valence-electron chi connectivity index (χ2n) is 9.28. The number of carbonyl (C=O) groups excluding carboxylic acids is 1. The Morgan fingerprint density at radius 2 is 1.57 bits per heavy atom. The van der Waals surface area contributed by atoms with Crippen LogP contribution < -0.4 is 14.9 Å². The Kier molecular flexibility index (Phi) is 8.74. The number of aromatic nitrogens is 2. The van der Waals surface area contributed by atoms with E-state index in [0.29, 0.717) is 29.1 Å². The molecule has 0 bridgehead atoms. The van der Waals surface area contributed by atoms with Crippen molar-refractivity contribution in [1.82, 2.24) is 15.2 Å². The van der Waals surface area contributed by atoms with Crippen LogP contribution >= 0.6 is 0 Å². The maximum absolute atomic E-state index is 12.8. The molecule has 0 aliphatic carbocycles. The lowest BCUT2D eigenvalue weighted by atomic mass is 10.1. The first kappa shape index (κ1) is 28.3. The second kappa shape index (κ2) is 13.0. The summed E-state index contributed by atoms with van der Waals surface area (Å²) in [5, 5.41) is 8.95. The predicted molar refractivity (Wildman–Crippen MR) is 164 cm³/mol. The number of hydrogen-bond donors (Lipinski definition) is 2. The largest absolute Gasteiger partial charge is 0.494 e. The van der Waals surface area contributed by atoms with Gasteiger partial charge in [0.15, 0.2) is 0 Å². The summed E-state index contributed by atoms with van der Waals surface area (Å²) in [4.78, 5) is 12.9. The highest BCUT2D eigenvalue weighted by atomic mass is 32.2. The van der Waals surface area contributed by atoms with E-state index in [1.807, 2.05) is 60.8 Å². The van der Waals surface area contributed by atoms with Crippen LogP contribution in [0.2, 0.25) is 0 Å². The summed E-state index contributed by atoms with van der Waals surface area (Å²) in [6.45, 7) is 2.70. The molecule has 0 aliphatic rings. The molecular formula is C32H29N5O4S. The third kappa shape index (κ3) is 6.91. The van der Waals surface area contributed by atoms with Crippen LogP contribution in [0.3, 0.4) is 0 Å². The number of amides is 1. The van der Waals surface area contributed by atoms with Crippen LogP contribution in [0.15, 0.2) is 125 Å². The van der Waals surface area contributed by atoms with Gasteiger partial charge in [-0.15, -0.1) is 0 Å². The van der Waals surface area contributed by atoms with E-state index in [2.05, 4.69) is 22.2 Å². The molecule has 1 amide bonds. The Bertz CT molecular complexity index is 1770. The van der Waals surface area contributed by atoms with E-state index < -0.39 is 15.9 Å². The molecule has 0 radical (unpaired) electrons. The Morgan fingerprint density at radius 3 is 2.24 bits per heavy atom. The summed E-state index contributed by atoms with van der Waals surface area (Å²) in [7, 11) is -3.73. The number of ether oxygens (including phenoxy) is 1. The van der Waals surface area contributed by atoms with E-state index in [9.17, 15) is 13.2 Å². The Labute approximate surface area is 244 Å². The maximum Gasteiger partial charge on any atom is 0.271 e. The number of benzene rings is 4. The Balaban J connectivity index is 1.31. The van der Waals surface area contributed by atoms with E-state index in [1.165, 1.54) is 36.4 Å². The number of nitrogens with zero attached hydrogens (tertiary/aromatic N) is 3. The van der Waals surface area contributed by atoms with Crippen molar-refractivity contribution in [2.24, 2.45) is 5.10 Å². The molecule has 10 heteroatoms. The molecule has 212 valence electrons. The summed E-state index contributed by atoms with van der Waals surface area (Å²) < 4.78 is 35.1. The molecule has 0 atom stereocenters. The van der Waals surface area contributed by atoms with Crippen LogP contribution in [0.1, 0.15) is 29.3 Å². The predicted octanol–water partition coefficient (Wildman–Crippen LogP) is 5.89. The summed E-state index contributed by atoms with van der Waals surface area (Å²) >= 11 is 0. The van der Waals surface area contributed by atoms with Crippen LogP contribution in [0.4, 0.5) is 5.69 Å². The topological polar surface area (TPSA) is 115 Å². The molecule has 2 N–H and O–H groups in total. The first-order valence-corrected chi connectivity index (χ1v) is 14.8. The average molecular weight is 580 g/mol. The van der Waals surface area contributed by atoms with Crippen LogP contribution in [-0.4, -0.2) is 36.9 Å². The van der Waals surface area contributed by atoms with Gasteiger partial charge in [0.25, 0.3) is 15.9 Å². The third-order valence-corrected chi connectivity index (χ3v) is 7.58. The zero-order valence-electron chi connectivity index (χ0n) is 22.8. The number of sulfonamides is 1. The first-order chi connectivity index (χ1) is 20.4. The third-order valence-electron chi connectivity index (χ3n) is 6.19. The minimum absolute atomic E-state index is 0.150. The molecule has 0 saturated heterocycles. The van der Waals surface area contributed by atoms with Gasteiger partial charge in [-0.1, -0.05) is 43.3 Å². The quantitative estimate of drug-likeness (QED) is 0.150. The molecule has 4 aromatic carbocycles. The zero-order chi connectivity index (χ0) is 29.4. The van der Waals surface area contributed by atoms with Crippen molar-refractivity contribution in [2.45, 2.75) is 18.2 Å². The van der Waals surface area contributed by atoms with Crippen molar-refractivity contribution in [1.29, 1.82) is 0 Å². The zero-order valence-corrected chi connectivity index (χ0v) is 23.7. The first-order valence-electron chi connectivity index (χ1n) is 13.3. The molecule has 9 nitrogen and oxygen atoms in total. The van der Waals surface area contributed by atoms with Crippen molar-refractivity contribution >= 4 is 27.8 Å². The van der Waals surface area contributed by atoms with E-state index >= 15 is 0 Å². The summed E-state index contributed by atoms with van der Waals surface area (Å²) in [5.41, 5.74) is 6.33. The van der Waals surface area contributed by atoms with Gasteiger partial charge in [-0.2, -0.15) is 10.2 Å². The van der Waals surface area contributed by atoms with Crippen molar-refractivity contribution in [3.8, 4) is 22.7 Å². The molecule has 0 fully saturated rings. The lowest BCUT2D eigenvalue weighted by Gasteiger charge is -2.08. The SMILES string of the molecule is CCCOc1ccc(-c2nn(-c3ccccc3)cc2C=NNC(=O)c2ccc(NS(=O)(=O)c3ccccc3)cc2)cc1. The lowest BCUT2D eigenvalue weighted by molar-refractivity contribution is 0.0955. The fourth-order valence-corrected chi connectivity index (χ4v) is 5.16. The van der Waals surface area contributed by atoms with Crippen molar-refractivity contribution in [3.05, 3.63) is 127 Å². The number of carbonyl (C=O) groups is 1. The molecule has 1 aromatic heterocycles. The normalized spacial score (nSPS) is 11.4. The number of anilines is 1. The van der Waals surface area contributed by atoms with Gasteiger partial charge >= 0.3 is 0 Å². The fraction of sp³-hybridized carbons (Fsp3) is 0.0938. The number of hydrazone groups is 1. The van der Waals surface area contributed by atoms with Crippen LogP contribution in [0.5, 0.6) is 5.75 Å². The van der Waals surface area contributed by atoms with Crippen molar-refractivity contribution in [2.75, 3.05) is 11.3 Å². The molecule has 0 unspecified atom stereocenters. The van der Waals surface area contributed by atoms with Gasteiger partial charge in [-0.05, 0) is 79.2 Å². The summed E-state index contributed by atoms with van der Waals surface area (Å²) in [6.07, 6.45) is 4.31. The Hall–Kier alpha value is -5.22. The smallest absolute Gasteiger partial charge is 0.271 e. The van der Waals surface area contributed by atoms with Crippen molar-refractivity contribution < 1.29 is 17.9 Å². The number of nitrogens with one attached hydrogen (secondary N) is 2. The maximum atomic E-state index is 12.8. The van der Waals surface area contributed by atoms with Crippen molar-refractivity contribution in [3.63, 3.8) is 0 Å². The molecule has 0 saturated carbocycles. The Morgan fingerprint density at radius 1 is 0.905 bits per heavy atom. The molecular weight excluding hydrogens is 550 g/mol. The number of hydrogen-bond acceptors (Lipinski definition) is 6. The number of rotatable bonds is 11. The highest BCUT2D eigenvalue weighted by Gasteiger charge is 2.15. The van der Waals surface area contributed by atoms with E-state index in [4.69, 9.17) is 9.84 Å². The summed E-state index contributed by atoms with van der Waals surface area (Å²) in [5.74, 6) is 0.336. The highest BCUT2D eigenvalue weighted by Crippen LogP contribution is 2.25. The minimum atomic E-state index is -3.73.